The first-order valence-corrected chi connectivity index (χ1v) is 10.8. The molecule has 27 heavy (non-hydrogen) atoms. The van der Waals surface area contributed by atoms with Crippen LogP contribution in [0, 0.1) is 10.1 Å². The molecule has 1 heterocycles. The number of nitro groups is 1. The molecule has 1 N–H and O–H groups in total. The van der Waals surface area contributed by atoms with E-state index in [2.05, 4.69) is 10.2 Å². The van der Waals surface area contributed by atoms with Crippen molar-refractivity contribution in [2.75, 3.05) is 29.6 Å². The average Bonchev–Trinajstić information content (AvgIpc) is 2.90. The topological polar surface area (TPSA) is 92.6 Å². The predicted octanol–water partition coefficient (Wildman–Crippen LogP) is 4.12. The monoisotopic (exact) mass is 389 g/mol. The van der Waals surface area contributed by atoms with Gasteiger partial charge in [0.1, 0.15) is 5.69 Å². The number of nitrogens with zero attached hydrogens (tertiary/aromatic N) is 2. The number of hydrogen-bond donors (Lipinski definition) is 1. The number of nitro benzene ring substituents is 1. The van der Waals surface area contributed by atoms with Crippen LogP contribution in [0.4, 0.5) is 22.7 Å². The summed E-state index contributed by atoms with van der Waals surface area (Å²) < 4.78 is 23.4. The molecule has 1 aliphatic rings. The number of sulfone groups is 1. The first-order valence-electron chi connectivity index (χ1n) is 8.95. The fraction of sp³-hybridized carbons (Fsp3) is 0.368. The standard InChI is InChI=1S/C19H23N3O4S/c1-27(25,26)17-9-10-18(19(14-17)22(23)24)20-15-7-6-8-16(13-15)21-11-4-2-3-5-12-21/h6-10,13-14,20H,2-5,11-12H2,1H3. The van der Waals surface area contributed by atoms with Crippen LogP contribution in [0.25, 0.3) is 0 Å². The molecule has 3 rings (SSSR count). The van der Waals surface area contributed by atoms with E-state index in [1.165, 1.54) is 25.0 Å². The molecule has 0 aromatic heterocycles. The zero-order valence-electron chi connectivity index (χ0n) is 15.2. The third-order valence-electron chi connectivity index (χ3n) is 4.69. The van der Waals surface area contributed by atoms with Gasteiger partial charge < -0.3 is 10.2 Å². The minimum absolute atomic E-state index is 0.0712. The van der Waals surface area contributed by atoms with Gasteiger partial charge in [-0.25, -0.2) is 8.42 Å². The maximum absolute atomic E-state index is 11.7. The van der Waals surface area contributed by atoms with Gasteiger partial charge in [0.15, 0.2) is 9.84 Å². The minimum Gasteiger partial charge on any atom is -0.371 e. The Morgan fingerprint density at radius 2 is 1.74 bits per heavy atom. The Labute approximate surface area is 159 Å². The molecule has 2 aromatic carbocycles. The molecular formula is C19H23N3O4S. The highest BCUT2D eigenvalue weighted by molar-refractivity contribution is 7.90. The lowest BCUT2D eigenvalue weighted by molar-refractivity contribution is -0.384. The number of nitrogens with one attached hydrogen (secondary N) is 1. The Hall–Kier alpha value is -2.61. The van der Waals surface area contributed by atoms with Crippen LogP contribution in [-0.2, 0) is 9.84 Å². The number of hydrogen-bond acceptors (Lipinski definition) is 6. The second-order valence-electron chi connectivity index (χ2n) is 6.78. The molecule has 0 aliphatic carbocycles. The van der Waals surface area contributed by atoms with E-state index in [0.717, 1.165) is 49.6 Å². The zero-order valence-corrected chi connectivity index (χ0v) is 16.0. The van der Waals surface area contributed by atoms with E-state index in [9.17, 15) is 18.5 Å². The van der Waals surface area contributed by atoms with Crippen LogP contribution < -0.4 is 10.2 Å². The highest BCUT2D eigenvalue weighted by Crippen LogP contribution is 2.31. The third-order valence-corrected chi connectivity index (χ3v) is 5.80. The van der Waals surface area contributed by atoms with Gasteiger partial charge in [-0.2, -0.15) is 0 Å². The Morgan fingerprint density at radius 1 is 1.04 bits per heavy atom. The van der Waals surface area contributed by atoms with Crippen molar-refractivity contribution in [3.8, 4) is 0 Å². The number of anilines is 3. The molecule has 0 amide bonds. The smallest absolute Gasteiger partial charge is 0.293 e. The fourth-order valence-corrected chi connectivity index (χ4v) is 3.90. The van der Waals surface area contributed by atoms with Crippen LogP contribution >= 0.6 is 0 Å². The minimum atomic E-state index is -3.51. The number of rotatable bonds is 5. The molecule has 8 heteroatoms. The van der Waals surface area contributed by atoms with Gasteiger partial charge in [0.05, 0.1) is 9.82 Å². The van der Waals surface area contributed by atoms with Crippen LogP contribution in [0.2, 0.25) is 0 Å². The summed E-state index contributed by atoms with van der Waals surface area (Å²) in [6.07, 6.45) is 5.84. The summed E-state index contributed by atoms with van der Waals surface area (Å²) in [6, 6.07) is 11.7. The lowest BCUT2D eigenvalue weighted by atomic mass is 10.2. The van der Waals surface area contributed by atoms with Crippen molar-refractivity contribution in [3.05, 3.63) is 52.6 Å². The van der Waals surface area contributed by atoms with E-state index in [0.29, 0.717) is 0 Å². The van der Waals surface area contributed by atoms with Crippen LogP contribution in [0.1, 0.15) is 25.7 Å². The molecule has 144 valence electrons. The van der Waals surface area contributed by atoms with Gasteiger partial charge in [0, 0.05) is 36.8 Å². The Balaban J connectivity index is 1.89. The van der Waals surface area contributed by atoms with E-state index >= 15 is 0 Å². The summed E-state index contributed by atoms with van der Waals surface area (Å²) in [5.74, 6) is 0. The van der Waals surface area contributed by atoms with Crippen LogP contribution in [0.3, 0.4) is 0 Å². The van der Waals surface area contributed by atoms with Crippen molar-refractivity contribution in [2.45, 2.75) is 30.6 Å². The fourth-order valence-electron chi connectivity index (χ4n) is 3.26. The van der Waals surface area contributed by atoms with Gasteiger partial charge in [-0.3, -0.25) is 10.1 Å². The van der Waals surface area contributed by atoms with Crippen molar-refractivity contribution in [3.63, 3.8) is 0 Å². The summed E-state index contributed by atoms with van der Waals surface area (Å²) >= 11 is 0. The quantitative estimate of drug-likeness (QED) is 0.611. The largest absolute Gasteiger partial charge is 0.371 e. The molecule has 0 unspecified atom stereocenters. The SMILES string of the molecule is CS(=O)(=O)c1ccc(Nc2cccc(N3CCCCCC3)c2)c([N+](=O)[O-])c1. The van der Waals surface area contributed by atoms with Crippen molar-refractivity contribution < 1.29 is 13.3 Å². The molecule has 0 saturated carbocycles. The molecule has 1 fully saturated rings. The predicted molar refractivity (Wildman–Crippen MR) is 107 cm³/mol. The van der Waals surface area contributed by atoms with Gasteiger partial charge >= 0.3 is 0 Å². The third kappa shape index (κ3) is 4.77. The van der Waals surface area contributed by atoms with Crippen molar-refractivity contribution in [1.82, 2.24) is 0 Å². The van der Waals surface area contributed by atoms with E-state index < -0.39 is 14.8 Å². The lowest BCUT2D eigenvalue weighted by Gasteiger charge is -2.23. The summed E-state index contributed by atoms with van der Waals surface area (Å²) in [4.78, 5) is 13.1. The van der Waals surface area contributed by atoms with Gasteiger partial charge in [-0.05, 0) is 43.2 Å². The Morgan fingerprint density at radius 3 is 2.37 bits per heavy atom. The van der Waals surface area contributed by atoms with E-state index in [-0.39, 0.29) is 16.3 Å². The first-order chi connectivity index (χ1) is 12.8. The van der Waals surface area contributed by atoms with Crippen molar-refractivity contribution >= 4 is 32.6 Å². The summed E-state index contributed by atoms with van der Waals surface area (Å²) in [7, 11) is -3.51. The van der Waals surface area contributed by atoms with Gasteiger partial charge in [-0.1, -0.05) is 18.9 Å². The van der Waals surface area contributed by atoms with Gasteiger partial charge in [0.25, 0.3) is 5.69 Å². The molecule has 7 nitrogen and oxygen atoms in total. The van der Waals surface area contributed by atoms with E-state index in [1.807, 2.05) is 24.3 Å². The second kappa shape index (κ2) is 7.96. The Bertz CT molecular complexity index is 936. The van der Waals surface area contributed by atoms with Crippen molar-refractivity contribution in [2.24, 2.45) is 0 Å². The molecule has 0 radical (unpaired) electrons. The maximum Gasteiger partial charge on any atom is 0.293 e. The summed E-state index contributed by atoms with van der Waals surface area (Å²) in [5, 5.41) is 14.5. The Kier molecular flexibility index (Phi) is 5.65. The lowest BCUT2D eigenvalue weighted by Crippen LogP contribution is -2.23. The average molecular weight is 389 g/mol. The summed E-state index contributed by atoms with van der Waals surface area (Å²) in [5.41, 5.74) is 1.81. The molecule has 0 atom stereocenters. The summed E-state index contributed by atoms with van der Waals surface area (Å²) in [6.45, 7) is 2.01. The molecule has 0 bridgehead atoms. The maximum atomic E-state index is 11.7. The van der Waals surface area contributed by atoms with Crippen LogP contribution in [-0.4, -0.2) is 32.7 Å². The normalized spacial score (nSPS) is 15.2. The van der Waals surface area contributed by atoms with Crippen LogP contribution in [0.15, 0.2) is 47.4 Å². The molecule has 0 spiro atoms. The number of benzene rings is 2. The van der Waals surface area contributed by atoms with E-state index in [4.69, 9.17) is 0 Å². The zero-order chi connectivity index (χ0) is 19.4. The molecule has 2 aromatic rings. The van der Waals surface area contributed by atoms with E-state index in [1.54, 1.807) is 0 Å². The molecule has 1 saturated heterocycles. The molecule has 1 aliphatic heterocycles. The van der Waals surface area contributed by atoms with Crippen molar-refractivity contribution in [1.29, 1.82) is 0 Å². The highest BCUT2D eigenvalue weighted by atomic mass is 32.2. The van der Waals surface area contributed by atoms with Gasteiger partial charge in [-0.15, -0.1) is 0 Å². The second-order valence-corrected chi connectivity index (χ2v) is 8.80. The molecular weight excluding hydrogens is 366 g/mol. The first kappa shape index (κ1) is 19.2. The van der Waals surface area contributed by atoms with Gasteiger partial charge in [0.2, 0.25) is 0 Å². The highest BCUT2D eigenvalue weighted by Gasteiger charge is 2.19. The van der Waals surface area contributed by atoms with Crippen LogP contribution in [0.5, 0.6) is 0 Å².